The molecule has 0 aromatic heterocycles. The highest BCUT2D eigenvalue weighted by molar-refractivity contribution is 5.79. The second-order valence-corrected chi connectivity index (χ2v) is 11.1. The van der Waals surface area contributed by atoms with Crippen molar-refractivity contribution in [2.75, 3.05) is 13.2 Å². The number of hydrogen-bond donors (Lipinski definition) is 5. The number of rotatable bonds is 23. The van der Waals surface area contributed by atoms with Gasteiger partial charge < -0.3 is 30.5 Å². The Morgan fingerprint density at radius 3 is 1.62 bits per heavy atom. The van der Waals surface area contributed by atoms with E-state index < -0.39 is 43.0 Å². The molecule has 0 aromatic carbocycles. The molecular formula is C30H59NO6. The molecule has 0 saturated carbocycles. The molecule has 0 bridgehead atoms. The lowest BCUT2D eigenvalue weighted by Gasteiger charge is -2.42. The second kappa shape index (κ2) is 22.1. The Morgan fingerprint density at radius 2 is 1.14 bits per heavy atom. The number of aliphatic hydroxyl groups is 4. The van der Waals surface area contributed by atoms with Crippen molar-refractivity contribution in [3.05, 3.63) is 0 Å². The van der Waals surface area contributed by atoms with Gasteiger partial charge in [0.05, 0.1) is 18.6 Å². The van der Waals surface area contributed by atoms with Crippen LogP contribution in [0.15, 0.2) is 0 Å². The SMILES string of the molecule is CCCCCCCCCCCCNC(=O)C(CCCCCCCCCC)C1O[C@H](CO)[C@@H](O)[C@H](O)[C@H]1O. The van der Waals surface area contributed by atoms with Gasteiger partial charge in [0.15, 0.2) is 0 Å². The van der Waals surface area contributed by atoms with Gasteiger partial charge in [0.25, 0.3) is 0 Å². The van der Waals surface area contributed by atoms with E-state index in [4.69, 9.17) is 4.74 Å². The highest BCUT2D eigenvalue weighted by atomic mass is 16.5. The summed E-state index contributed by atoms with van der Waals surface area (Å²) in [5.74, 6) is -0.808. The first kappa shape index (κ1) is 34.3. The average Bonchev–Trinajstić information content (AvgIpc) is 2.90. The Balaban J connectivity index is 2.47. The fourth-order valence-corrected chi connectivity index (χ4v) is 5.36. The monoisotopic (exact) mass is 529 g/mol. The zero-order valence-corrected chi connectivity index (χ0v) is 23.9. The summed E-state index contributed by atoms with van der Waals surface area (Å²) < 4.78 is 5.77. The standard InChI is InChI=1S/C30H59NO6/c1-3-5-7-9-11-13-14-16-18-20-22-31-30(36)24(21-19-17-15-12-10-8-6-4-2)29-28(35)27(34)26(33)25(23-32)37-29/h24-29,32-35H,3-23H2,1-2H3,(H,31,36)/t24?,25-,26-,27+,28-,29?/m1/s1. The van der Waals surface area contributed by atoms with Crippen LogP contribution in [0.1, 0.15) is 136 Å². The molecule has 2 unspecified atom stereocenters. The maximum atomic E-state index is 13.2. The van der Waals surface area contributed by atoms with Crippen LogP contribution in [-0.2, 0) is 9.53 Å². The summed E-state index contributed by atoms with van der Waals surface area (Å²) >= 11 is 0. The minimum absolute atomic E-state index is 0.178. The van der Waals surface area contributed by atoms with Gasteiger partial charge in [-0.1, -0.05) is 123 Å². The van der Waals surface area contributed by atoms with Crippen LogP contribution in [0.2, 0.25) is 0 Å². The highest BCUT2D eigenvalue weighted by Gasteiger charge is 2.47. The molecule has 37 heavy (non-hydrogen) atoms. The fraction of sp³-hybridized carbons (Fsp3) is 0.967. The van der Waals surface area contributed by atoms with Gasteiger partial charge in [-0.05, 0) is 12.8 Å². The normalized spacial score (nSPS) is 24.8. The number of hydrogen-bond acceptors (Lipinski definition) is 6. The molecule has 0 aromatic rings. The molecule has 7 nitrogen and oxygen atoms in total. The van der Waals surface area contributed by atoms with Crippen LogP contribution in [-0.4, -0.2) is 70.0 Å². The van der Waals surface area contributed by atoms with E-state index in [9.17, 15) is 25.2 Å². The number of unbranched alkanes of at least 4 members (excludes halogenated alkanes) is 16. The summed E-state index contributed by atoms with van der Waals surface area (Å²) in [4.78, 5) is 13.2. The number of ether oxygens (including phenoxy) is 1. The van der Waals surface area contributed by atoms with E-state index in [1.807, 2.05) is 0 Å². The van der Waals surface area contributed by atoms with Crippen molar-refractivity contribution in [2.24, 2.45) is 5.92 Å². The second-order valence-electron chi connectivity index (χ2n) is 11.1. The topological polar surface area (TPSA) is 119 Å². The van der Waals surface area contributed by atoms with Crippen molar-refractivity contribution in [1.82, 2.24) is 5.32 Å². The maximum Gasteiger partial charge on any atom is 0.225 e. The van der Waals surface area contributed by atoms with E-state index in [1.54, 1.807) is 0 Å². The number of nitrogens with one attached hydrogen (secondary N) is 1. The average molecular weight is 530 g/mol. The lowest BCUT2D eigenvalue weighted by Crippen LogP contribution is -2.61. The summed E-state index contributed by atoms with van der Waals surface area (Å²) in [5.41, 5.74) is 0. The third-order valence-corrected chi connectivity index (χ3v) is 7.86. The van der Waals surface area contributed by atoms with Crippen LogP contribution in [0.4, 0.5) is 0 Å². The Kier molecular flexibility index (Phi) is 20.5. The number of aliphatic hydroxyl groups excluding tert-OH is 4. The molecule has 1 fully saturated rings. The van der Waals surface area contributed by atoms with Gasteiger partial charge in [-0.2, -0.15) is 0 Å². The minimum atomic E-state index is -1.45. The molecule has 1 aliphatic rings. The van der Waals surface area contributed by atoms with Gasteiger partial charge in [-0.15, -0.1) is 0 Å². The highest BCUT2D eigenvalue weighted by Crippen LogP contribution is 2.29. The van der Waals surface area contributed by atoms with E-state index in [2.05, 4.69) is 19.2 Å². The third-order valence-electron chi connectivity index (χ3n) is 7.86. The van der Waals surface area contributed by atoms with Crippen molar-refractivity contribution in [3.63, 3.8) is 0 Å². The van der Waals surface area contributed by atoms with Crippen LogP contribution in [0, 0.1) is 5.92 Å². The van der Waals surface area contributed by atoms with Crippen molar-refractivity contribution in [2.45, 2.75) is 166 Å². The molecule has 1 rings (SSSR count). The largest absolute Gasteiger partial charge is 0.394 e. The molecule has 6 atom stereocenters. The van der Waals surface area contributed by atoms with E-state index in [0.717, 1.165) is 32.1 Å². The summed E-state index contributed by atoms with van der Waals surface area (Å²) in [7, 11) is 0. The van der Waals surface area contributed by atoms with Crippen LogP contribution in [0.5, 0.6) is 0 Å². The first-order valence-electron chi connectivity index (χ1n) is 15.6. The summed E-state index contributed by atoms with van der Waals surface area (Å²) in [6, 6.07) is 0. The maximum absolute atomic E-state index is 13.2. The van der Waals surface area contributed by atoms with Gasteiger partial charge in [0.1, 0.15) is 24.4 Å². The fourth-order valence-electron chi connectivity index (χ4n) is 5.36. The van der Waals surface area contributed by atoms with E-state index >= 15 is 0 Å². The zero-order valence-electron chi connectivity index (χ0n) is 23.9. The first-order chi connectivity index (χ1) is 18.0. The van der Waals surface area contributed by atoms with Crippen LogP contribution >= 0.6 is 0 Å². The molecule has 1 saturated heterocycles. The number of amides is 1. The van der Waals surface area contributed by atoms with E-state index in [0.29, 0.717) is 13.0 Å². The zero-order chi connectivity index (χ0) is 27.3. The molecule has 1 aliphatic heterocycles. The minimum Gasteiger partial charge on any atom is -0.394 e. The molecule has 0 spiro atoms. The summed E-state index contributed by atoms with van der Waals surface area (Å²) in [5, 5.41) is 43.6. The number of carbonyl (C=O) groups is 1. The van der Waals surface area contributed by atoms with Crippen molar-refractivity contribution >= 4 is 5.91 Å². The van der Waals surface area contributed by atoms with Crippen molar-refractivity contribution in [3.8, 4) is 0 Å². The van der Waals surface area contributed by atoms with Crippen molar-refractivity contribution in [1.29, 1.82) is 0 Å². The quantitative estimate of drug-likeness (QED) is 0.119. The van der Waals surface area contributed by atoms with Gasteiger partial charge in [0, 0.05) is 6.54 Å². The molecule has 1 amide bonds. The molecule has 1 heterocycles. The van der Waals surface area contributed by atoms with Crippen LogP contribution < -0.4 is 5.32 Å². The Labute approximate surface area is 226 Å². The van der Waals surface area contributed by atoms with Gasteiger partial charge in [0.2, 0.25) is 5.91 Å². The van der Waals surface area contributed by atoms with Crippen molar-refractivity contribution < 1.29 is 30.0 Å². The van der Waals surface area contributed by atoms with Gasteiger partial charge >= 0.3 is 0 Å². The molecule has 0 radical (unpaired) electrons. The van der Waals surface area contributed by atoms with Crippen LogP contribution in [0.25, 0.3) is 0 Å². The van der Waals surface area contributed by atoms with E-state index in [-0.39, 0.29) is 5.91 Å². The summed E-state index contributed by atoms with van der Waals surface area (Å²) in [6.45, 7) is 4.55. The molecule has 5 N–H and O–H groups in total. The van der Waals surface area contributed by atoms with Gasteiger partial charge in [-0.25, -0.2) is 0 Å². The summed E-state index contributed by atoms with van der Waals surface area (Å²) in [6.07, 6.45) is 15.8. The van der Waals surface area contributed by atoms with Crippen LogP contribution in [0.3, 0.4) is 0 Å². The molecule has 0 aliphatic carbocycles. The third kappa shape index (κ3) is 14.3. The predicted octanol–water partition coefficient (Wildman–Crippen LogP) is 5.01. The Hall–Kier alpha value is -0.730. The molecule has 7 heteroatoms. The lowest BCUT2D eigenvalue weighted by molar-refractivity contribution is -0.240. The predicted molar refractivity (Wildman–Crippen MR) is 149 cm³/mol. The smallest absolute Gasteiger partial charge is 0.225 e. The van der Waals surface area contributed by atoms with Gasteiger partial charge in [-0.3, -0.25) is 4.79 Å². The Morgan fingerprint density at radius 1 is 0.676 bits per heavy atom. The molecule has 220 valence electrons. The number of carbonyl (C=O) groups excluding carboxylic acids is 1. The molecular weight excluding hydrogens is 470 g/mol. The lowest BCUT2D eigenvalue weighted by atomic mass is 9.84. The Bertz CT molecular complexity index is 546. The first-order valence-corrected chi connectivity index (χ1v) is 15.6. The van der Waals surface area contributed by atoms with E-state index in [1.165, 1.54) is 83.5 Å².